The molecule has 0 unspecified atom stereocenters. The highest BCUT2D eigenvalue weighted by molar-refractivity contribution is 5.78. The van der Waals surface area contributed by atoms with E-state index in [1.54, 1.807) is 12.1 Å². The molecule has 3 heterocycles. The first-order valence-corrected chi connectivity index (χ1v) is 10.6. The SMILES string of the molecule is COc1ccc(CN2C[C@H]3C[C@@H](C2)[C@H](CNC(C)=O)N2C(=O)CCC[C@@H]32)cc1F. The predicted molar refractivity (Wildman–Crippen MR) is 107 cm³/mol. The molecule has 3 aliphatic rings. The van der Waals surface area contributed by atoms with Gasteiger partial charge in [-0.05, 0) is 48.8 Å². The summed E-state index contributed by atoms with van der Waals surface area (Å²) < 4.78 is 19.1. The Bertz CT molecular complexity index is 787. The molecule has 6 nitrogen and oxygen atoms in total. The van der Waals surface area contributed by atoms with Gasteiger partial charge in [0.1, 0.15) is 0 Å². The van der Waals surface area contributed by atoms with Crippen LogP contribution in [0.3, 0.4) is 0 Å². The fourth-order valence-corrected chi connectivity index (χ4v) is 5.58. The van der Waals surface area contributed by atoms with E-state index in [2.05, 4.69) is 15.1 Å². The molecule has 4 rings (SSSR count). The van der Waals surface area contributed by atoms with Crippen LogP contribution in [0.5, 0.6) is 5.75 Å². The molecule has 3 saturated heterocycles. The maximum Gasteiger partial charge on any atom is 0.223 e. The molecule has 29 heavy (non-hydrogen) atoms. The van der Waals surface area contributed by atoms with Gasteiger partial charge in [0.25, 0.3) is 0 Å². The van der Waals surface area contributed by atoms with Crippen LogP contribution in [0.1, 0.15) is 38.2 Å². The number of hydrogen-bond acceptors (Lipinski definition) is 4. The summed E-state index contributed by atoms with van der Waals surface area (Å²) in [7, 11) is 1.47. The molecule has 1 aromatic carbocycles. The molecule has 158 valence electrons. The van der Waals surface area contributed by atoms with Crippen molar-refractivity contribution in [2.75, 3.05) is 26.7 Å². The number of methoxy groups -OCH3 is 1. The van der Waals surface area contributed by atoms with Gasteiger partial charge in [0.05, 0.1) is 13.2 Å². The average Bonchev–Trinajstić information content (AvgIpc) is 2.68. The first kappa shape index (κ1) is 20.1. The largest absolute Gasteiger partial charge is 0.494 e. The summed E-state index contributed by atoms with van der Waals surface area (Å²) in [6.07, 6.45) is 3.68. The molecular weight excluding hydrogens is 373 g/mol. The lowest BCUT2D eigenvalue weighted by atomic mass is 9.72. The Labute approximate surface area is 171 Å². The molecule has 2 bridgehead atoms. The van der Waals surface area contributed by atoms with Crippen LogP contribution in [0.2, 0.25) is 0 Å². The van der Waals surface area contributed by atoms with Gasteiger partial charge in [-0.2, -0.15) is 0 Å². The maximum atomic E-state index is 14.1. The van der Waals surface area contributed by atoms with Crippen LogP contribution in [0, 0.1) is 17.7 Å². The Kier molecular flexibility index (Phi) is 5.76. The standard InChI is InChI=1S/C22H30FN3O3/c1-14(27)24-10-20-17-9-16(19-4-3-5-22(28)26(19)20)12-25(13-17)11-15-6-7-21(29-2)18(23)8-15/h6-8,16-17,19-20H,3-5,9-13H2,1-2H3,(H,24,27)/t16-,17+,19+,20+/m1/s1. The Balaban J connectivity index is 1.52. The Morgan fingerprint density at radius 1 is 1.31 bits per heavy atom. The summed E-state index contributed by atoms with van der Waals surface area (Å²) in [5.41, 5.74) is 0.929. The number of ether oxygens (including phenoxy) is 1. The van der Waals surface area contributed by atoms with Crippen molar-refractivity contribution >= 4 is 11.8 Å². The fourth-order valence-electron chi connectivity index (χ4n) is 5.58. The van der Waals surface area contributed by atoms with Gasteiger partial charge in [0.2, 0.25) is 11.8 Å². The number of carbonyl (C=O) groups is 2. The van der Waals surface area contributed by atoms with E-state index in [4.69, 9.17) is 4.74 Å². The van der Waals surface area contributed by atoms with Crippen molar-refractivity contribution in [3.8, 4) is 5.75 Å². The monoisotopic (exact) mass is 403 g/mol. The van der Waals surface area contributed by atoms with Crippen LogP contribution < -0.4 is 10.1 Å². The number of nitrogens with one attached hydrogen (secondary N) is 1. The molecular formula is C22H30FN3O3. The van der Waals surface area contributed by atoms with Gasteiger partial charge in [0.15, 0.2) is 11.6 Å². The van der Waals surface area contributed by atoms with Crippen molar-refractivity contribution in [1.82, 2.24) is 15.1 Å². The van der Waals surface area contributed by atoms with Crippen LogP contribution >= 0.6 is 0 Å². The number of carbonyl (C=O) groups excluding carboxylic acids is 2. The molecule has 3 fully saturated rings. The number of piperidine rings is 3. The van der Waals surface area contributed by atoms with Gasteiger partial charge in [-0.25, -0.2) is 4.39 Å². The molecule has 0 radical (unpaired) electrons. The van der Waals surface area contributed by atoms with E-state index in [0.717, 1.165) is 37.9 Å². The highest BCUT2D eigenvalue weighted by Gasteiger charge is 2.49. The summed E-state index contributed by atoms with van der Waals surface area (Å²) in [4.78, 5) is 28.7. The van der Waals surface area contributed by atoms with Crippen molar-refractivity contribution < 1.29 is 18.7 Å². The Morgan fingerprint density at radius 2 is 2.10 bits per heavy atom. The van der Waals surface area contributed by atoms with E-state index in [-0.39, 0.29) is 35.5 Å². The number of halogens is 1. The van der Waals surface area contributed by atoms with E-state index < -0.39 is 0 Å². The lowest BCUT2D eigenvalue weighted by Gasteiger charge is -2.56. The zero-order chi connectivity index (χ0) is 20.5. The van der Waals surface area contributed by atoms with Gasteiger partial charge in [-0.1, -0.05) is 6.07 Å². The van der Waals surface area contributed by atoms with Crippen molar-refractivity contribution in [3.05, 3.63) is 29.6 Å². The average molecular weight is 403 g/mol. The van der Waals surface area contributed by atoms with Gasteiger partial charge in [-0.15, -0.1) is 0 Å². The minimum Gasteiger partial charge on any atom is -0.494 e. The van der Waals surface area contributed by atoms with Crippen LogP contribution in [0.25, 0.3) is 0 Å². The van der Waals surface area contributed by atoms with Crippen molar-refractivity contribution in [2.45, 2.75) is 51.2 Å². The number of fused-ring (bicyclic) bond motifs is 4. The second-order valence-electron chi connectivity index (χ2n) is 8.68. The molecule has 4 atom stereocenters. The van der Waals surface area contributed by atoms with E-state index in [1.807, 2.05) is 6.07 Å². The minimum atomic E-state index is -0.338. The summed E-state index contributed by atoms with van der Waals surface area (Å²) in [5, 5.41) is 2.94. The molecule has 1 N–H and O–H groups in total. The Morgan fingerprint density at radius 3 is 2.83 bits per heavy atom. The Hall–Kier alpha value is -2.15. The second-order valence-corrected chi connectivity index (χ2v) is 8.68. The number of likely N-dealkylation sites (tertiary alicyclic amines) is 1. The number of rotatable bonds is 5. The van der Waals surface area contributed by atoms with E-state index in [1.165, 1.54) is 14.0 Å². The smallest absolute Gasteiger partial charge is 0.223 e. The first-order chi connectivity index (χ1) is 14.0. The molecule has 0 aliphatic carbocycles. The predicted octanol–water partition coefficient (Wildman–Crippen LogP) is 2.17. The maximum absolute atomic E-state index is 14.1. The summed E-state index contributed by atoms with van der Waals surface area (Å²) in [6.45, 7) is 4.49. The van der Waals surface area contributed by atoms with Crippen molar-refractivity contribution in [1.29, 1.82) is 0 Å². The molecule has 7 heteroatoms. The number of nitrogens with zero attached hydrogens (tertiary/aromatic N) is 2. The van der Waals surface area contributed by atoms with Crippen LogP contribution in [-0.2, 0) is 16.1 Å². The quantitative estimate of drug-likeness (QED) is 0.819. The molecule has 1 aromatic rings. The fraction of sp³-hybridized carbons (Fsp3) is 0.636. The zero-order valence-corrected chi connectivity index (χ0v) is 17.2. The highest BCUT2D eigenvalue weighted by atomic mass is 19.1. The van der Waals surface area contributed by atoms with Crippen LogP contribution in [-0.4, -0.2) is 60.4 Å². The second kappa shape index (κ2) is 8.30. The first-order valence-electron chi connectivity index (χ1n) is 10.6. The topological polar surface area (TPSA) is 61.9 Å². The zero-order valence-electron chi connectivity index (χ0n) is 17.2. The molecule has 2 amide bonds. The number of benzene rings is 1. The highest BCUT2D eigenvalue weighted by Crippen LogP contribution is 2.41. The molecule has 3 aliphatic heterocycles. The molecule has 0 aromatic heterocycles. The lowest BCUT2D eigenvalue weighted by Crippen LogP contribution is -2.66. The van der Waals surface area contributed by atoms with E-state index >= 15 is 0 Å². The number of hydrogen-bond donors (Lipinski definition) is 1. The van der Waals surface area contributed by atoms with Gasteiger partial charge in [0, 0.05) is 45.6 Å². The van der Waals surface area contributed by atoms with Crippen LogP contribution in [0.15, 0.2) is 18.2 Å². The molecule has 0 saturated carbocycles. The third kappa shape index (κ3) is 4.10. The minimum absolute atomic E-state index is 0.0448. The van der Waals surface area contributed by atoms with Gasteiger partial charge < -0.3 is 15.0 Å². The van der Waals surface area contributed by atoms with Gasteiger partial charge in [-0.3, -0.25) is 14.5 Å². The van der Waals surface area contributed by atoms with Gasteiger partial charge >= 0.3 is 0 Å². The van der Waals surface area contributed by atoms with E-state index in [9.17, 15) is 14.0 Å². The van der Waals surface area contributed by atoms with Crippen molar-refractivity contribution in [3.63, 3.8) is 0 Å². The van der Waals surface area contributed by atoms with E-state index in [0.29, 0.717) is 31.3 Å². The van der Waals surface area contributed by atoms with Crippen LogP contribution in [0.4, 0.5) is 4.39 Å². The molecule has 0 spiro atoms. The van der Waals surface area contributed by atoms with Crippen molar-refractivity contribution in [2.24, 2.45) is 11.8 Å². The number of amides is 2. The third-order valence-corrected chi connectivity index (χ3v) is 6.75. The summed E-state index contributed by atoms with van der Waals surface area (Å²) >= 11 is 0. The summed E-state index contributed by atoms with van der Waals surface area (Å²) in [6, 6.07) is 5.44. The summed E-state index contributed by atoms with van der Waals surface area (Å²) in [5.74, 6) is 0.855. The normalized spacial score (nSPS) is 29.3. The lowest BCUT2D eigenvalue weighted by molar-refractivity contribution is -0.153. The third-order valence-electron chi connectivity index (χ3n) is 6.75.